The summed E-state index contributed by atoms with van der Waals surface area (Å²) >= 11 is 0. The summed E-state index contributed by atoms with van der Waals surface area (Å²) in [5.41, 5.74) is 4.17. The van der Waals surface area contributed by atoms with Gasteiger partial charge in [-0.1, -0.05) is 13.8 Å². The first-order valence-electron chi connectivity index (χ1n) is 10.0. The van der Waals surface area contributed by atoms with E-state index in [1.165, 1.54) is 7.11 Å². The summed E-state index contributed by atoms with van der Waals surface area (Å²) in [6.45, 7) is 8.57. The van der Waals surface area contributed by atoms with Crippen molar-refractivity contribution in [3.05, 3.63) is 46.6 Å². The first-order valence-corrected chi connectivity index (χ1v) is 10.0. The summed E-state index contributed by atoms with van der Waals surface area (Å²) in [5, 5.41) is 18.6. The summed E-state index contributed by atoms with van der Waals surface area (Å²) in [7, 11) is 1.38. The van der Waals surface area contributed by atoms with E-state index < -0.39 is 0 Å². The van der Waals surface area contributed by atoms with Crippen LogP contribution in [-0.4, -0.2) is 49.0 Å². The predicted molar refractivity (Wildman–Crippen MR) is 112 cm³/mol. The predicted octanol–water partition coefficient (Wildman–Crippen LogP) is 2.97. The van der Waals surface area contributed by atoms with Gasteiger partial charge in [-0.15, -0.1) is 5.10 Å². The average Bonchev–Trinajstić information content (AvgIpc) is 2.77. The van der Waals surface area contributed by atoms with E-state index >= 15 is 0 Å². The lowest BCUT2D eigenvalue weighted by Gasteiger charge is -2.41. The van der Waals surface area contributed by atoms with Crippen molar-refractivity contribution in [3.8, 4) is 6.07 Å². The molecule has 1 aromatic carbocycles. The molecule has 0 N–H and O–H groups in total. The van der Waals surface area contributed by atoms with Crippen LogP contribution in [0.3, 0.4) is 0 Å². The van der Waals surface area contributed by atoms with Crippen LogP contribution in [-0.2, 0) is 17.6 Å². The van der Waals surface area contributed by atoms with Crippen LogP contribution in [0.2, 0.25) is 0 Å². The molecule has 0 bridgehead atoms. The number of hydrogen-bond donors (Lipinski definition) is 0. The fraction of sp³-hybridized carbons (Fsp3) is 0.455. The number of rotatable bonds is 5. The molecule has 3 rings (SSSR count). The van der Waals surface area contributed by atoms with Crippen LogP contribution in [0.5, 0.6) is 0 Å². The second-order valence-electron chi connectivity index (χ2n) is 7.17. The van der Waals surface area contributed by atoms with Gasteiger partial charge in [0, 0.05) is 31.4 Å². The zero-order chi connectivity index (χ0) is 21.0. The minimum atomic E-state index is -0.334. The standard InChI is InChI=1S/C22H27N5O2/c1-5-18-19(13-23)21(25-24-20(18)6-2)27-12-11-26(14-15(27)3)17-9-7-16(8-10-17)22(28)29-4/h7-10,15H,5-6,11-12,14H2,1-4H3. The maximum absolute atomic E-state index is 11.6. The third-order valence-corrected chi connectivity index (χ3v) is 5.49. The fourth-order valence-corrected chi connectivity index (χ4v) is 3.91. The highest BCUT2D eigenvalue weighted by atomic mass is 16.5. The third kappa shape index (κ3) is 4.02. The summed E-state index contributed by atoms with van der Waals surface area (Å²) in [6.07, 6.45) is 1.55. The summed E-state index contributed by atoms with van der Waals surface area (Å²) in [4.78, 5) is 16.1. The monoisotopic (exact) mass is 393 g/mol. The van der Waals surface area contributed by atoms with Gasteiger partial charge < -0.3 is 14.5 Å². The minimum Gasteiger partial charge on any atom is -0.465 e. The summed E-state index contributed by atoms with van der Waals surface area (Å²) < 4.78 is 4.76. The number of anilines is 2. The number of benzene rings is 1. The Hall–Kier alpha value is -3.14. The second kappa shape index (κ2) is 8.91. The molecule has 1 fully saturated rings. The Morgan fingerprint density at radius 1 is 1.21 bits per heavy atom. The van der Waals surface area contributed by atoms with Crippen LogP contribution in [0.1, 0.15) is 48.0 Å². The van der Waals surface area contributed by atoms with Crippen molar-refractivity contribution in [3.63, 3.8) is 0 Å². The minimum absolute atomic E-state index is 0.169. The molecule has 1 unspecified atom stereocenters. The Bertz CT molecular complexity index is 920. The fourth-order valence-electron chi connectivity index (χ4n) is 3.91. The van der Waals surface area contributed by atoms with Gasteiger partial charge in [0.15, 0.2) is 5.82 Å². The van der Waals surface area contributed by atoms with Gasteiger partial charge in [0.25, 0.3) is 0 Å². The lowest BCUT2D eigenvalue weighted by atomic mass is 10.0. The second-order valence-corrected chi connectivity index (χ2v) is 7.17. The van der Waals surface area contributed by atoms with Crippen LogP contribution >= 0.6 is 0 Å². The number of hydrogen-bond acceptors (Lipinski definition) is 7. The van der Waals surface area contributed by atoms with Crippen LogP contribution in [0.4, 0.5) is 11.5 Å². The summed E-state index contributed by atoms with van der Waals surface area (Å²) in [5.74, 6) is 0.356. The molecule has 1 saturated heterocycles. The van der Waals surface area contributed by atoms with Crippen LogP contribution in [0.15, 0.2) is 24.3 Å². The summed E-state index contributed by atoms with van der Waals surface area (Å²) in [6, 6.07) is 10.0. The van der Waals surface area contributed by atoms with Gasteiger partial charge >= 0.3 is 5.97 Å². The van der Waals surface area contributed by atoms with E-state index in [4.69, 9.17) is 4.74 Å². The Kier molecular flexibility index (Phi) is 6.32. The molecule has 0 saturated carbocycles. The molecule has 1 aliphatic heterocycles. The van der Waals surface area contributed by atoms with E-state index in [2.05, 4.69) is 39.9 Å². The molecule has 1 aromatic heterocycles. The Balaban J connectivity index is 1.80. The van der Waals surface area contributed by atoms with E-state index in [1.54, 1.807) is 12.1 Å². The molecule has 0 amide bonds. The van der Waals surface area contributed by atoms with Crippen molar-refractivity contribution < 1.29 is 9.53 Å². The maximum atomic E-state index is 11.6. The lowest BCUT2D eigenvalue weighted by molar-refractivity contribution is 0.0600. The van der Waals surface area contributed by atoms with E-state index in [-0.39, 0.29) is 12.0 Å². The van der Waals surface area contributed by atoms with Crippen molar-refractivity contribution in [2.24, 2.45) is 0 Å². The largest absolute Gasteiger partial charge is 0.465 e. The van der Waals surface area contributed by atoms with Gasteiger partial charge in [0.1, 0.15) is 11.6 Å². The highest BCUT2D eigenvalue weighted by molar-refractivity contribution is 5.89. The Morgan fingerprint density at radius 2 is 1.93 bits per heavy atom. The van der Waals surface area contributed by atoms with Crippen molar-refractivity contribution in [2.75, 3.05) is 36.5 Å². The topological polar surface area (TPSA) is 82.3 Å². The number of aryl methyl sites for hydroxylation is 1. The number of carbonyl (C=O) groups is 1. The third-order valence-electron chi connectivity index (χ3n) is 5.49. The van der Waals surface area contributed by atoms with Gasteiger partial charge in [-0.2, -0.15) is 10.4 Å². The number of aromatic nitrogens is 2. The number of ether oxygens (including phenoxy) is 1. The zero-order valence-corrected chi connectivity index (χ0v) is 17.5. The highest BCUT2D eigenvalue weighted by Gasteiger charge is 2.28. The van der Waals surface area contributed by atoms with Crippen LogP contribution < -0.4 is 9.80 Å². The van der Waals surface area contributed by atoms with Gasteiger partial charge in [-0.3, -0.25) is 0 Å². The average molecular weight is 393 g/mol. The number of carbonyl (C=O) groups excluding carboxylic acids is 1. The normalized spacial score (nSPS) is 16.4. The molecule has 1 aliphatic rings. The van der Waals surface area contributed by atoms with Gasteiger partial charge in [-0.25, -0.2) is 4.79 Å². The molecule has 0 radical (unpaired) electrons. The van der Waals surface area contributed by atoms with Crippen LogP contribution in [0, 0.1) is 11.3 Å². The molecule has 0 spiro atoms. The molecule has 1 atom stereocenters. The van der Waals surface area contributed by atoms with E-state index in [0.717, 1.165) is 49.4 Å². The molecule has 2 aromatic rings. The van der Waals surface area contributed by atoms with Crippen molar-refractivity contribution in [2.45, 2.75) is 39.7 Å². The Labute approximate surface area is 171 Å². The molecular formula is C22H27N5O2. The van der Waals surface area contributed by atoms with Crippen molar-refractivity contribution in [1.82, 2.24) is 10.2 Å². The zero-order valence-electron chi connectivity index (χ0n) is 17.5. The van der Waals surface area contributed by atoms with Crippen molar-refractivity contribution >= 4 is 17.5 Å². The quantitative estimate of drug-likeness (QED) is 0.722. The number of nitrogens with zero attached hydrogens (tertiary/aromatic N) is 5. The van der Waals surface area contributed by atoms with Gasteiger partial charge in [0.05, 0.1) is 18.4 Å². The molecule has 7 heteroatoms. The van der Waals surface area contributed by atoms with Gasteiger partial charge in [-0.05, 0) is 49.6 Å². The van der Waals surface area contributed by atoms with Gasteiger partial charge in [0.2, 0.25) is 0 Å². The van der Waals surface area contributed by atoms with E-state index in [0.29, 0.717) is 16.9 Å². The van der Waals surface area contributed by atoms with E-state index in [1.807, 2.05) is 19.1 Å². The molecule has 2 heterocycles. The smallest absolute Gasteiger partial charge is 0.337 e. The number of esters is 1. The Morgan fingerprint density at radius 3 is 2.48 bits per heavy atom. The molecule has 152 valence electrons. The highest BCUT2D eigenvalue weighted by Crippen LogP contribution is 2.28. The maximum Gasteiger partial charge on any atom is 0.337 e. The van der Waals surface area contributed by atoms with Crippen LogP contribution in [0.25, 0.3) is 0 Å². The van der Waals surface area contributed by atoms with E-state index in [9.17, 15) is 10.1 Å². The number of methoxy groups -OCH3 is 1. The molecular weight excluding hydrogens is 366 g/mol. The molecule has 7 nitrogen and oxygen atoms in total. The molecule has 0 aliphatic carbocycles. The van der Waals surface area contributed by atoms with Crippen molar-refractivity contribution in [1.29, 1.82) is 5.26 Å². The lowest BCUT2D eigenvalue weighted by Crippen LogP contribution is -2.52. The first-order chi connectivity index (χ1) is 14.0. The number of piperazine rings is 1. The SMILES string of the molecule is CCc1nnc(N2CCN(c3ccc(C(=O)OC)cc3)CC2C)c(C#N)c1CC. The first kappa shape index (κ1) is 20.6. The number of nitriles is 1. The molecule has 29 heavy (non-hydrogen) atoms.